The normalized spacial score (nSPS) is 12.8. The van der Waals surface area contributed by atoms with Gasteiger partial charge in [-0.15, -0.1) is 0 Å². The van der Waals surface area contributed by atoms with Gasteiger partial charge in [0.1, 0.15) is 0 Å². The number of rotatable bonds is 4. The van der Waals surface area contributed by atoms with Gasteiger partial charge in [-0.2, -0.15) is 8.42 Å². The topological polar surface area (TPSA) is 54.4 Å². The van der Waals surface area contributed by atoms with Crippen LogP contribution >= 0.6 is 11.6 Å². The fourth-order valence-corrected chi connectivity index (χ4v) is 2.07. The molecule has 1 N–H and O–H groups in total. The third-order valence-electron chi connectivity index (χ3n) is 1.96. The van der Waals surface area contributed by atoms with E-state index in [0.717, 1.165) is 11.1 Å². The molecule has 3 nitrogen and oxygen atoms in total. The first-order valence-corrected chi connectivity index (χ1v) is 6.22. The summed E-state index contributed by atoms with van der Waals surface area (Å²) in [7, 11) is -4.16. The van der Waals surface area contributed by atoms with Crippen LogP contribution in [0.3, 0.4) is 0 Å². The molecule has 15 heavy (non-hydrogen) atoms. The van der Waals surface area contributed by atoms with Crippen LogP contribution in [0.1, 0.15) is 12.0 Å². The third-order valence-corrected chi connectivity index (χ3v) is 3.33. The van der Waals surface area contributed by atoms with Crippen molar-refractivity contribution in [3.05, 3.63) is 46.3 Å². The summed E-state index contributed by atoms with van der Waals surface area (Å²) in [6, 6.07) is 9.38. The molecule has 0 amide bonds. The van der Waals surface area contributed by atoms with Gasteiger partial charge >= 0.3 is 0 Å². The zero-order valence-corrected chi connectivity index (χ0v) is 9.50. The fourth-order valence-electron chi connectivity index (χ4n) is 1.15. The van der Waals surface area contributed by atoms with E-state index in [2.05, 4.69) is 0 Å². The predicted octanol–water partition coefficient (Wildman–Crippen LogP) is 2.59. The molecule has 5 heteroatoms. The summed E-state index contributed by atoms with van der Waals surface area (Å²) in [6.45, 7) is 0. The molecule has 0 fully saturated rings. The summed E-state index contributed by atoms with van der Waals surface area (Å²) < 4.78 is 30.3. The molecule has 1 rings (SSSR count). The molecule has 0 aliphatic rings. The first-order chi connectivity index (χ1) is 7.04. The molecule has 1 aromatic carbocycles. The van der Waals surface area contributed by atoms with Crippen LogP contribution in [0.25, 0.3) is 0 Å². The first-order valence-electron chi connectivity index (χ1n) is 4.34. The van der Waals surface area contributed by atoms with E-state index >= 15 is 0 Å². The van der Waals surface area contributed by atoms with E-state index in [1.807, 2.05) is 30.3 Å². The van der Waals surface area contributed by atoms with Crippen molar-refractivity contribution < 1.29 is 13.0 Å². The van der Waals surface area contributed by atoms with Gasteiger partial charge in [0.25, 0.3) is 10.1 Å². The standard InChI is InChI=1S/C10H11ClO3S/c11-8-10(15(12,13)14)7-6-9-4-2-1-3-5-9/h1-5,8H,6-7H2,(H,12,13,14)/b10-8-. The van der Waals surface area contributed by atoms with Crippen molar-refractivity contribution in [2.24, 2.45) is 0 Å². The van der Waals surface area contributed by atoms with Crippen molar-refractivity contribution in [1.29, 1.82) is 0 Å². The van der Waals surface area contributed by atoms with Crippen molar-refractivity contribution in [2.45, 2.75) is 12.8 Å². The summed E-state index contributed by atoms with van der Waals surface area (Å²) >= 11 is 5.32. The van der Waals surface area contributed by atoms with Crippen LogP contribution < -0.4 is 0 Å². The number of benzene rings is 1. The maximum absolute atomic E-state index is 10.8. The van der Waals surface area contributed by atoms with Crippen molar-refractivity contribution in [2.75, 3.05) is 0 Å². The highest BCUT2D eigenvalue weighted by Gasteiger charge is 2.12. The third kappa shape index (κ3) is 4.03. The Hall–Kier alpha value is -0.840. The maximum atomic E-state index is 10.8. The van der Waals surface area contributed by atoms with Crippen LogP contribution in [-0.4, -0.2) is 13.0 Å². The van der Waals surface area contributed by atoms with Crippen molar-refractivity contribution >= 4 is 21.7 Å². The summed E-state index contributed by atoms with van der Waals surface area (Å²) in [6.07, 6.45) is 0.728. The van der Waals surface area contributed by atoms with E-state index in [-0.39, 0.29) is 11.3 Å². The molecule has 0 aliphatic carbocycles. The average Bonchev–Trinajstić information content (AvgIpc) is 2.18. The highest BCUT2D eigenvalue weighted by Crippen LogP contribution is 2.14. The van der Waals surface area contributed by atoms with Gasteiger partial charge in [0.2, 0.25) is 0 Å². The molecule has 0 aliphatic heterocycles. The molecule has 0 atom stereocenters. The predicted molar refractivity (Wildman–Crippen MR) is 60.2 cm³/mol. The van der Waals surface area contributed by atoms with Gasteiger partial charge in [0.15, 0.2) is 0 Å². The monoisotopic (exact) mass is 246 g/mol. The Morgan fingerprint density at radius 1 is 1.33 bits per heavy atom. The SMILES string of the molecule is O=S(=O)(O)/C(=C\Cl)CCc1ccccc1. The zero-order valence-electron chi connectivity index (χ0n) is 7.93. The Morgan fingerprint density at radius 2 is 1.93 bits per heavy atom. The molecule has 0 aromatic heterocycles. The van der Waals surface area contributed by atoms with Crippen LogP contribution in [0, 0.1) is 0 Å². The van der Waals surface area contributed by atoms with Crippen LogP contribution in [0.2, 0.25) is 0 Å². The van der Waals surface area contributed by atoms with Crippen LogP contribution in [0.5, 0.6) is 0 Å². The lowest BCUT2D eigenvalue weighted by atomic mass is 10.1. The highest BCUT2D eigenvalue weighted by molar-refractivity contribution is 7.89. The summed E-state index contributed by atoms with van der Waals surface area (Å²) in [5.74, 6) is 0. The van der Waals surface area contributed by atoms with Crippen LogP contribution in [-0.2, 0) is 16.5 Å². The quantitative estimate of drug-likeness (QED) is 0.831. The van der Waals surface area contributed by atoms with E-state index in [4.69, 9.17) is 16.2 Å². The van der Waals surface area contributed by atoms with E-state index in [1.54, 1.807) is 0 Å². The van der Waals surface area contributed by atoms with Gasteiger partial charge in [-0.3, -0.25) is 4.55 Å². The molecule has 0 radical (unpaired) electrons. The molecule has 0 saturated heterocycles. The Labute approximate surface area is 94.1 Å². The average molecular weight is 247 g/mol. The van der Waals surface area contributed by atoms with Gasteiger partial charge in [-0.25, -0.2) is 0 Å². The van der Waals surface area contributed by atoms with Gasteiger partial charge < -0.3 is 0 Å². The number of hydrogen-bond acceptors (Lipinski definition) is 2. The molecule has 82 valence electrons. The molecular formula is C10H11ClO3S. The minimum Gasteiger partial charge on any atom is -0.282 e. The summed E-state index contributed by atoms with van der Waals surface area (Å²) in [5, 5.41) is 0. The number of halogens is 1. The van der Waals surface area contributed by atoms with Gasteiger partial charge in [-0.05, 0) is 18.4 Å². The number of aryl methyl sites for hydroxylation is 1. The second-order valence-electron chi connectivity index (χ2n) is 3.04. The molecule has 0 saturated carbocycles. The lowest BCUT2D eigenvalue weighted by Gasteiger charge is -2.02. The minimum absolute atomic E-state index is 0.159. The Balaban J connectivity index is 2.65. The molecule has 0 heterocycles. The van der Waals surface area contributed by atoms with Gasteiger partial charge in [0.05, 0.1) is 4.91 Å². The fraction of sp³-hybridized carbons (Fsp3) is 0.200. The van der Waals surface area contributed by atoms with Crippen LogP contribution in [0.15, 0.2) is 40.8 Å². The smallest absolute Gasteiger partial charge is 0.282 e. The van der Waals surface area contributed by atoms with Crippen molar-refractivity contribution in [3.8, 4) is 0 Å². The minimum atomic E-state index is -4.16. The lowest BCUT2D eigenvalue weighted by Crippen LogP contribution is -2.02. The summed E-state index contributed by atoms with van der Waals surface area (Å²) in [4.78, 5) is -0.159. The van der Waals surface area contributed by atoms with E-state index in [0.29, 0.717) is 6.42 Å². The molecule has 0 spiro atoms. The zero-order chi connectivity index (χ0) is 11.3. The number of allylic oxidation sites excluding steroid dienone is 1. The van der Waals surface area contributed by atoms with Crippen LogP contribution in [0.4, 0.5) is 0 Å². The van der Waals surface area contributed by atoms with E-state index < -0.39 is 10.1 Å². The molecule has 0 bridgehead atoms. The molecular weight excluding hydrogens is 236 g/mol. The van der Waals surface area contributed by atoms with Crippen molar-refractivity contribution in [3.63, 3.8) is 0 Å². The maximum Gasteiger partial charge on any atom is 0.291 e. The van der Waals surface area contributed by atoms with Gasteiger partial charge in [-0.1, -0.05) is 41.9 Å². The lowest BCUT2D eigenvalue weighted by molar-refractivity contribution is 0.489. The summed E-state index contributed by atoms with van der Waals surface area (Å²) in [5.41, 5.74) is 1.90. The second kappa shape index (κ2) is 5.30. The van der Waals surface area contributed by atoms with Crippen molar-refractivity contribution in [1.82, 2.24) is 0 Å². The highest BCUT2D eigenvalue weighted by atomic mass is 35.5. The van der Waals surface area contributed by atoms with E-state index in [1.165, 1.54) is 0 Å². The Bertz CT molecular complexity index is 437. The van der Waals surface area contributed by atoms with Gasteiger partial charge in [0, 0.05) is 5.54 Å². The molecule has 1 aromatic rings. The Morgan fingerprint density at radius 3 is 2.40 bits per heavy atom. The van der Waals surface area contributed by atoms with E-state index in [9.17, 15) is 8.42 Å². The largest absolute Gasteiger partial charge is 0.291 e. The molecule has 0 unspecified atom stereocenters. The first kappa shape index (κ1) is 12.2. The Kier molecular flexibility index (Phi) is 4.32. The second-order valence-corrected chi connectivity index (χ2v) is 4.73. The number of hydrogen-bond donors (Lipinski definition) is 1.